The number of nitrogens with zero attached hydrogens (tertiary/aromatic N) is 2. The number of ether oxygens (including phenoxy) is 3. The third kappa shape index (κ3) is 7.38. The van der Waals surface area contributed by atoms with Gasteiger partial charge in [-0.05, 0) is 60.4 Å². The lowest BCUT2D eigenvalue weighted by molar-refractivity contribution is -0.136. The Kier molecular flexibility index (Phi) is 9.77. The smallest absolute Gasteiger partial charge is 0.254 e. The Hall–Kier alpha value is -4.69. The largest absolute Gasteiger partial charge is 0.497 e. The molecular weight excluding hydrogens is 675 g/mol. The number of pyridine rings is 1. The normalized spacial score (nSPS) is 23.9. The van der Waals surface area contributed by atoms with Crippen molar-refractivity contribution in [3.63, 3.8) is 0 Å². The molecule has 14 heteroatoms. The van der Waals surface area contributed by atoms with E-state index >= 15 is 0 Å². The lowest BCUT2D eigenvalue weighted by Crippen LogP contribution is -2.59. The second kappa shape index (κ2) is 13.8. The third-order valence-corrected chi connectivity index (χ3v) is 11.7. The number of rotatable bonds is 13. The van der Waals surface area contributed by atoms with E-state index in [9.17, 15) is 22.8 Å². The summed E-state index contributed by atoms with van der Waals surface area (Å²) in [7, 11) is -0.835. The molecule has 51 heavy (non-hydrogen) atoms. The number of imide groups is 1. The molecule has 0 bridgehead atoms. The van der Waals surface area contributed by atoms with Gasteiger partial charge in [-0.25, -0.2) is 8.42 Å². The van der Waals surface area contributed by atoms with Gasteiger partial charge in [0.2, 0.25) is 33.6 Å². The van der Waals surface area contributed by atoms with Gasteiger partial charge < -0.3 is 19.5 Å². The maximum absolute atomic E-state index is 14.2. The van der Waals surface area contributed by atoms with E-state index in [1.807, 2.05) is 63.2 Å². The van der Waals surface area contributed by atoms with E-state index in [0.29, 0.717) is 35.5 Å². The average molecular weight is 720 g/mol. The van der Waals surface area contributed by atoms with Crippen LogP contribution in [0.2, 0.25) is 0 Å². The molecule has 1 aliphatic heterocycles. The predicted molar refractivity (Wildman–Crippen MR) is 192 cm³/mol. The molecule has 13 nitrogen and oxygen atoms in total. The van der Waals surface area contributed by atoms with Crippen molar-refractivity contribution < 1.29 is 37.0 Å². The predicted octanol–water partition coefficient (Wildman–Crippen LogP) is 3.80. The molecule has 1 aromatic heterocycles. The Morgan fingerprint density at radius 3 is 2.39 bits per heavy atom. The number of benzene rings is 2. The maximum atomic E-state index is 14.2. The van der Waals surface area contributed by atoms with Gasteiger partial charge in [-0.3, -0.25) is 29.3 Å². The fourth-order valence-corrected chi connectivity index (χ4v) is 8.20. The third-order valence-electron chi connectivity index (χ3n) is 9.86. The highest BCUT2D eigenvalue weighted by Crippen LogP contribution is 2.53. The minimum atomic E-state index is -3.89. The highest BCUT2D eigenvalue weighted by molar-refractivity contribution is 7.91. The van der Waals surface area contributed by atoms with E-state index in [1.165, 1.54) is 7.11 Å². The standard InChI is InChI=1S/C37H45N5O8S/c1-7-23-20-37(23,35(45)41-51(46,47)27-14-15-27)42-21-26(50-34-28-16-13-25(48-5)17-22(28)18-30(39-34)49-6)19-29(42)32(43)40-33(44)31(36(2,3)4)38-24-11-9-8-10-12-24/h7-13,16-18,23,26-27,29,31,38H,1,14-15,19-21H2,2-6H3,(H,41,45)(H,40,43,44)/t23-,26-,29+,31+,37-/m1/s1. The molecule has 0 spiro atoms. The Morgan fingerprint density at radius 1 is 1.06 bits per heavy atom. The number of anilines is 1. The van der Waals surface area contributed by atoms with Crippen molar-refractivity contribution in [2.45, 2.75) is 75.4 Å². The number of methoxy groups -OCH3 is 2. The highest BCUT2D eigenvalue weighted by Gasteiger charge is 2.67. The fraction of sp³-hybridized carbons (Fsp3) is 0.459. The number of hydrogen-bond donors (Lipinski definition) is 3. The molecular formula is C37H45N5O8S. The summed E-state index contributed by atoms with van der Waals surface area (Å²) >= 11 is 0. The van der Waals surface area contributed by atoms with Gasteiger partial charge in [-0.2, -0.15) is 4.98 Å². The zero-order valence-corrected chi connectivity index (χ0v) is 30.3. The molecule has 5 atom stereocenters. The van der Waals surface area contributed by atoms with Gasteiger partial charge in [0, 0.05) is 36.0 Å². The van der Waals surface area contributed by atoms with Crippen molar-refractivity contribution in [2.75, 3.05) is 26.1 Å². The first-order chi connectivity index (χ1) is 24.2. The number of amides is 3. The fourth-order valence-electron chi connectivity index (χ4n) is 6.84. The monoisotopic (exact) mass is 719 g/mol. The molecule has 3 N–H and O–H groups in total. The summed E-state index contributed by atoms with van der Waals surface area (Å²) < 4.78 is 45.5. The molecule has 2 heterocycles. The van der Waals surface area contributed by atoms with Gasteiger partial charge in [-0.15, -0.1) is 6.58 Å². The summed E-state index contributed by atoms with van der Waals surface area (Å²) in [5, 5.41) is 6.65. The summed E-state index contributed by atoms with van der Waals surface area (Å²) in [6, 6.07) is 14.6. The molecule has 0 unspecified atom stereocenters. The zero-order chi connectivity index (χ0) is 36.7. The van der Waals surface area contributed by atoms with E-state index in [2.05, 4.69) is 26.9 Å². The molecule has 0 radical (unpaired) electrons. The van der Waals surface area contributed by atoms with E-state index in [1.54, 1.807) is 30.2 Å². The van der Waals surface area contributed by atoms with Crippen molar-refractivity contribution >= 4 is 44.2 Å². The van der Waals surface area contributed by atoms with Crippen LogP contribution in [-0.4, -0.2) is 85.8 Å². The van der Waals surface area contributed by atoms with Gasteiger partial charge in [0.05, 0.1) is 25.5 Å². The minimum absolute atomic E-state index is 0.0645. The minimum Gasteiger partial charge on any atom is -0.497 e. The second-order valence-electron chi connectivity index (χ2n) is 14.5. The van der Waals surface area contributed by atoms with Crippen molar-refractivity contribution in [2.24, 2.45) is 11.3 Å². The van der Waals surface area contributed by atoms with E-state index in [0.717, 1.165) is 5.39 Å². The molecule has 3 fully saturated rings. The van der Waals surface area contributed by atoms with E-state index in [4.69, 9.17) is 14.2 Å². The van der Waals surface area contributed by atoms with Gasteiger partial charge in [-0.1, -0.05) is 45.0 Å². The van der Waals surface area contributed by atoms with Crippen molar-refractivity contribution in [3.05, 3.63) is 67.3 Å². The summed E-state index contributed by atoms with van der Waals surface area (Å²) in [6.07, 6.45) is 2.20. The lowest BCUT2D eigenvalue weighted by Gasteiger charge is -2.34. The lowest BCUT2D eigenvalue weighted by atomic mass is 9.85. The van der Waals surface area contributed by atoms with E-state index in [-0.39, 0.29) is 25.3 Å². The Morgan fingerprint density at radius 2 is 1.78 bits per heavy atom. The van der Waals surface area contributed by atoms with Crippen molar-refractivity contribution in [1.29, 1.82) is 0 Å². The number of para-hydroxylation sites is 1. The van der Waals surface area contributed by atoms with Gasteiger partial charge in [0.15, 0.2) is 0 Å². The maximum Gasteiger partial charge on any atom is 0.254 e. The molecule has 3 aromatic rings. The van der Waals surface area contributed by atoms with Gasteiger partial charge in [0.25, 0.3) is 5.91 Å². The molecule has 3 aliphatic rings. The topological polar surface area (TPSA) is 165 Å². The first-order valence-corrected chi connectivity index (χ1v) is 18.6. The molecule has 272 valence electrons. The van der Waals surface area contributed by atoms with Gasteiger partial charge >= 0.3 is 0 Å². The van der Waals surface area contributed by atoms with Crippen LogP contribution >= 0.6 is 0 Å². The Bertz CT molecular complexity index is 1940. The van der Waals surface area contributed by atoms with Crippen LogP contribution in [0.15, 0.2) is 67.3 Å². The molecule has 2 aromatic carbocycles. The van der Waals surface area contributed by atoms with Crippen LogP contribution in [0, 0.1) is 11.3 Å². The molecule has 6 rings (SSSR count). The van der Waals surface area contributed by atoms with Crippen LogP contribution in [-0.2, 0) is 24.4 Å². The zero-order valence-electron chi connectivity index (χ0n) is 29.5. The SMILES string of the molecule is C=C[C@@H]1C[C@@]1(C(=O)NS(=O)(=O)C1CC1)N1C[C@H](Oc2nc(OC)cc3cc(OC)ccc23)C[C@H]1C(=O)NC(=O)[C@H](Nc1ccccc1)C(C)(C)C. The first kappa shape index (κ1) is 36.1. The number of nitrogens with one attached hydrogen (secondary N) is 3. The molecule has 1 saturated heterocycles. The van der Waals surface area contributed by atoms with Crippen LogP contribution in [0.5, 0.6) is 17.5 Å². The van der Waals surface area contributed by atoms with E-state index < -0.39 is 68.1 Å². The van der Waals surface area contributed by atoms with Crippen LogP contribution in [0.4, 0.5) is 5.69 Å². The van der Waals surface area contributed by atoms with Crippen molar-refractivity contribution in [3.8, 4) is 17.5 Å². The molecule has 3 amide bonds. The van der Waals surface area contributed by atoms with Crippen LogP contribution in [0.3, 0.4) is 0 Å². The summed E-state index contributed by atoms with van der Waals surface area (Å²) in [5.41, 5.74) is -1.27. The second-order valence-corrected chi connectivity index (χ2v) is 16.5. The quantitative estimate of drug-likeness (QED) is 0.220. The summed E-state index contributed by atoms with van der Waals surface area (Å²) in [5.74, 6) is -1.16. The van der Waals surface area contributed by atoms with Gasteiger partial charge in [0.1, 0.15) is 23.4 Å². The molecule has 2 aliphatic carbocycles. The number of likely N-dealkylation sites (tertiary alicyclic amines) is 1. The highest BCUT2D eigenvalue weighted by atomic mass is 32.2. The number of aromatic nitrogens is 1. The number of hydrogen-bond acceptors (Lipinski definition) is 11. The number of sulfonamides is 1. The number of fused-ring (bicyclic) bond motifs is 1. The van der Waals surface area contributed by atoms with Crippen LogP contribution in [0.1, 0.15) is 46.5 Å². The van der Waals surface area contributed by atoms with Crippen LogP contribution in [0.25, 0.3) is 10.8 Å². The average Bonchev–Trinajstić information content (AvgIpc) is 4.03. The number of carbonyl (C=O) groups excluding carboxylic acids is 3. The van der Waals surface area contributed by atoms with Crippen LogP contribution < -0.4 is 29.6 Å². The summed E-state index contributed by atoms with van der Waals surface area (Å²) in [4.78, 5) is 48.3. The summed E-state index contributed by atoms with van der Waals surface area (Å²) in [6.45, 7) is 9.63. The van der Waals surface area contributed by atoms with Crippen molar-refractivity contribution in [1.82, 2.24) is 19.9 Å². The Balaban J connectivity index is 1.32. The molecule has 2 saturated carbocycles. The Labute approximate surface area is 298 Å². The number of carbonyl (C=O) groups is 3. The first-order valence-electron chi connectivity index (χ1n) is 17.0.